The van der Waals surface area contributed by atoms with Crippen molar-refractivity contribution in [3.63, 3.8) is 0 Å². The molecule has 32 heavy (non-hydrogen) atoms. The molecule has 0 atom stereocenters. The second-order valence-corrected chi connectivity index (χ2v) is 9.24. The lowest BCUT2D eigenvalue weighted by Crippen LogP contribution is -2.43. The first-order valence-electron chi connectivity index (χ1n) is 9.17. The standard InChI is InChI=1S/C18H16FN5O6S2/c19-12-7-11(32(28,29)22-17-16(18(26)27)20-10-31-17)1-2-13(12)21-14(25)8-24-4-3-23-5-6-30-9-15(23)24/h1-4,7,10,22H,5-6,8-9H2,(H-,21,25,26,27). The van der Waals surface area contributed by atoms with Gasteiger partial charge in [-0.1, -0.05) is 0 Å². The summed E-state index contributed by atoms with van der Waals surface area (Å²) in [6.45, 7) is 1.53. The molecule has 0 saturated carbocycles. The van der Waals surface area contributed by atoms with Gasteiger partial charge in [0.15, 0.2) is 6.54 Å². The van der Waals surface area contributed by atoms with Crippen LogP contribution in [0.15, 0.2) is 41.0 Å². The highest BCUT2D eigenvalue weighted by Crippen LogP contribution is 2.25. The van der Waals surface area contributed by atoms with Gasteiger partial charge in [-0.25, -0.2) is 26.9 Å². The van der Waals surface area contributed by atoms with Gasteiger partial charge in [-0.2, -0.15) is 0 Å². The van der Waals surface area contributed by atoms with Crippen LogP contribution >= 0.6 is 11.3 Å². The average molecular weight is 481 g/mol. The fraction of sp³-hybridized carbons (Fsp3) is 0.222. The predicted octanol–water partition coefficient (Wildman–Crippen LogP) is -0.296. The highest BCUT2D eigenvalue weighted by atomic mass is 32.2. The van der Waals surface area contributed by atoms with Gasteiger partial charge in [-0.3, -0.25) is 9.52 Å². The molecule has 3 aromatic rings. The zero-order valence-corrected chi connectivity index (χ0v) is 17.9. The number of aromatic carboxylic acids is 1. The average Bonchev–Trinajstić information content (AvgIpc) is 3.36. The number of carbonyl (C=O) groups excluding carboxylic acids is 2. The predicted molar refractivity (Wildman–Crippen MR) is 107 cm³/mol. The van der Waals surface area contributed by atoms with Gasteiger partial charge in [0, 0.05) is 0 Å². The number of benzene rings is 1. The van der Waals surface area contributed by atoms with Crippen LogP contribution in [-0.4, -0.2) is 36.5 Å². The summed E-state index contributed by atoms with van der Waals surface area (Å²) in [6.07, 6.45) is 3.55. The highest BCUT2D eigenvalue weighted by Gasteiger charge is 2.24. The van der Waals surface area contributed by atoms with Crippen LogP contribution in [0, 0.1) is 5.82 Å². The maximum absolute atomic E-state index is 14.5. The minimum Gasteiger partial charge on any atom is -0.543 e. The fourth-order valence-electron chi connectivity index (χ4n) is 3.09. The second kappa shape index (κ2) is 8.64. The summed E-state index contributed by atoms with van der Waals surface area (Å²) in [7, 11) is -4.30. The number of thiazole rings is 1. The molecule has 1 aliphatic rings. The Hall–Kier alpha value is -3.36. The van der Waals surface area contributed by atoms with E-state index in [-0.39, 0.29) is 17.2 Å². The molecule has 1 aromatic carbocycles. The lowest BCUT2D eigenvalue weighted by Gasteiger charge is -2.12. The summed E-state index contributed by atoms with van der Waals surface area (Å²) in [6, 6.07) is 2.91. The minimum atomic E-state index is -4.30. The maximum atomic E-state index is 14.5. The van der Waals surface area contributed by atoms with Crippen LogP contribution in [0.5, 0.6) is 0 Å². The topological polar surface area (TPSA) is 146 Å². The minimum absolute atomic E-state index is 0.0792. The van der Waals surface area contributed by atoms with Crippen LogP contribution in [0.25, 0.3) is 0 Å². The highest BCUT2D eigenvalue weighted by molar-refractivity contribution is 7.93. The first kappa shape index (κ1) is 21.9. The van der Waals surface area contributed by atoms with Gasteiger partial charge in [0.25, 0.3) is 21.8 Å². The molecule has 1 amide bonds. The summed E-state index contributed by atoms with van der Waals surface area (Å²) in [5, 5.41) is 13.1. The van der Waals surface area contributed by atoms with Crippen molar-refractivity contribution in [2.75, 3.05) is 16.6 Å². The van der Waals surface area contributed by atoms with Crippen LogP contribution in [-0.2, 0) is 39.3 Å². The van der Waals surface area contributed by atoms with Crippen molar-refractivity contribution in [3.8, 4) is 0 Å². The molecule has 0 unspecified atom stereocenters. The molecule has 14 heteroatoms. The van der Waals surface area contributed by atoms with Gasteiger partial charge in [-0.15, -0.1) is 11.3 Å². The van der Waals surface area contributed by atoms with Crippen molar-refractivity contribution < 1.29 is 36.8 Å². The van der Waals surface area contributed by atoms with Crippen LogP contribution in [0.4, 0.5) is 15.1 Å². The Morgan fingerprint density at radius 2 is 2.19 bits per heavy atom. The number of aromatic nitrogens is 3. The first-order chi connectivity index (χ1) is 15.2. The number of rotatable bonds is 7. The number of hydrogen-bond acceptors (Lipinski definition) is 8. The Balaban J connectivity index is 1.47. The van der Waals surface area contributed by atoms with Gasteiger partial charge < -0.3 is 20.0 Å². The van der Waals surface area contributed by atoms with E-state index in [1.807, 2.05) is 15.5 Å². The smallest absolute Gasteiger partial charge is 0.283 e. The van der Waals surface area contributed by atoms with Crippen LogP contribution in [0.2, 0.25) is 0 Å². The molecule has 2 aromatic heterocycles. The summed E-state index contributed by atoms with van der Waals surface area (Å²) < 4.78 is 50.6. The molecule has 0 fully saturated rings. The van der Waals surface area contributed by atoms with E-state index < -0.39 is 38.3 Å². The third-order valence-electron chi connectivity index (χ3n) is 4.62. The molecule has 0 aliphatic carbocycles. The zero-order valence-electron chi connectivity index (χ0n) is 16.3. The Bertz CT molecular complexity index is 1300. The SMILES string of the molecule is O=C(Cn1cc[n+]2c1COCC2)Nc1ccc(S(=O)(=O)Nc2scnc2C(=O)[O-])cc1F. The number of fused-ring (bicyclic) bond motifs is 1. The molecule has 0 spiro atoms. The number of sulfonamides is 1. The number of hydrogen-bond donors (Lipinski definition) is 2. The number of nitrogens with one attached hydrogen (secondary N) is 2. The second-order valence-electron chi connectivity index (χ2n) is 6.70. The maximum Gasteiger partial charge on any atom is 0.283 e. The Kier molecular flexibility index (Phi) is 5.90. The van der Waals surface area contributed by atoms with E-state index in [1.165, 1.54) is 0 Å². The lowest BCUT2D eigenvalue weighted by molar-refractivity contribution is -0.716. The van der Waals surface area contributed by atoms with E-state index in [9.17, 15) is 27.5 Å². The van der Waals surface area contributed by atoms with Gasteiger partial charge in [-0.05, 0) is 18.2 Å². The van der Waals surface area contributed by atoms with Gasteiger partial charge in [0.2, 0.25) is 0 Å². The van der Waals surface area contributed by atoms with E-state index in [0.29, 0.717) is 19.8 Å². The number of amides is 1. The van der Waals surface area contributed by atoms with Crippen molar-refractivity contribution in [2.24, 2.45) is 0 Å². The normalized spacial score (nSPS) is 13.4. The van der Waals surface area contributed by atoms with Crippen molar-refractivity contribution in [3.05, 3.63) is 53.4 Å². The van der Waals surface area contributed by atoms with Crippen molar-refractivity contribution in [1.82, 2.24) is 9.55 Å². The van der Waals surface area contributed by atoms with Crippen molar-refractivity contribution >= 4 is 43.9 Å². The number of carboxylic acid groups (broad SMARTS) is 1. The monoisotopic (exact) mass is 481 g/mol. The molecule has 168 valence electrons. The molecule has 2 N–H and O–H groups in total. The zero-order chi connectivity index (χ0) is 22.9. The Morgan fingerprint density at radius 1 is 1.38 bits per heavy atom. The van der Waals surface area contributed by atoms with Crippen LogP contribution < -0.4 is 19.7 Å². The summed E-state index contributed by atoms with van der Waals surface area (Å²) in [4.78, 5) is 26.4. The molecular weight excluding hydrogens is 465 g/mol. The van der Waals surface area contributed by atoms with Gasteiger partial charge in [0.05, 0.1) is 28.7 Å². The number of carbonyl (C=O) groups is 2. The van der Waals surface area contributed by atoms with Gasteiger partial charge in [0.1, 0.15) is 42.1 Å². The van der Waals surface area contributed by atoms with E-state index in [2.05, 4.69) is 10.3 Å². The number of carboxylic acids is 1. The number of ether oxygens (including phenoxy) is 1. The largest absolute Gasteiger partial charge is 0.543 e. The van der Waals surface area contributed by atoms with E-state index in [4.69, 9.17) is 4.74 Å². The molecular formula is C18H16FN5O6S2. The van der Waals surface area contributed by atoms with Crippen LogP contribution in [0.1, 0.15) is 16.3 Å². The fourth-order valence-corrected chi connectivity index (χ4v) is 5.09. The van der Waals surface area contributed by atoms with Gasteiger partial charge >= 0.3 is 0 Å². The number of anilines is 2. The molecule has 0 saturated heterocycles. The number of halogens is 1. The van der Waals surface area contributed by atoms with Crippen molar-refractivity contribution in [2.45, 2.75) is 24.6 Å². The van der Waals surface area contributed by atoms with E-state index in [1.54, 1.807) is 10.8 Å². The molecule has 0 bridgehead atoms. The third-order valence-corrected chi connectivity index (χ3v) is 6.84. The van der Waals surface area contributed by atoms with E-state index >= 15 is 0 Å². The van der Waals surface area contributed by atoms with E-state index in [0.717, 1.165) is 40.9 Å². The van der Waals surface area contributed by atoms with Crippen molar-refractivity contribution in [1.29, 1.82) is 0 Å². The number of imidazole rings is 1. The summed E-state index contributed by atoms with van der Waals surface area (Å²) >= 11 is 0.741. The first-order valence-corrected chi connectivity index (χ1v) is 11.5. The lowest BCUT2D eigenvalue weighted by atomic mass is 10.3. The molecule has 3 heterocycles. The third kappa shape index (κ3) is 4.46. The molecule has 0 radical (unpaired) electrons. The summed E-state index contributed by atoms with van der Waals surface area (Å²) in [5.74, 6) is -2.33. The summed E-state index contributed by atoms with van der Waals surface area (Å²) in [5.41, 5.74) is 0.361. The molecule has 1 aliphatic heterocycles. The Labute approximate surface area is 185 Å². The quantitative estimate of drug-likeness (QED) is 0.441. The van der Waals surface area contributed by atoms with Crippen LogP contribution in [0.3, 0.4) is 0 Å². The molecule has 11 nitrogen and oxygen atoms in total. The number of nitrogens with zero attached hydrogens (tertiary/aromatic N) is 3. The molecule has 4 rings (SSSR count). The Morgan fingerprint density at radius 3 is 2.94 bits per heavy atom.